The van der Waals surface area contributed by atoms with E-state index in [1.807, 2.05) is 6.07 Å². The van der Waals surface area contributed by atoms with Gasteiger partial charge in [-0.3, -0.25) is 0 Å². The molecule has 0 unspecified atom stereocenters. The van der Waals surface area contributed by atoms with Crippen LogP contribution in [-0.4, -0.2) is 46.3 Å². The minimum Gasteiger partial charge on any atom is -0.493 e. The fourth-order valence-corrected chi connectivity index (χ4v) is 4.96. The lowest BCUT2D eigenvalue weighted by atomic mass is 10.1. The van der Waals surface area contributed by atoms with Crippen molar-refractivity contribution in [3.8, 4) is 11.5 Å². The van der Waals surface area contributed by atoms with Gasteiger partial charge in [0, 0.05) is 12.6 Å². The summed E-state index contributed by atoms with van der Waals surface area (Å²) in [6.07, 6.45) is 4.55. The van der Waals surface area contributed by atoms with Gasteiger partial charge in [0.2, 0.25) is 10.0 Å². The summed E-state index contributed by atoms with van der Waals surface area (Å²) in [5.74, 6) is -0.00536. The molecule has 0 radical (unpaired) electrons. The van der Waals surface area contributed by atoms with E-state index < -0.39 is 16.0 Å². The van der Waals surface area contributed by atoms with Gasteiger partial charge in [0.1, 0.15) is 4.90 Å². The van der Waals surface area contributed by atoms with Crippen LogP contribution < -0.4 is 19.5 Å². The number of anilines is 1. The fourth-order valence-electron chi connectivity index (χ4n) is 3.73. The third-order valence-electron chi connectivity index (χ3n) is 5.39. The van der Waals surface area contributed by atoms with E-state index in [1.54, 1.807) is 26.4 Å². The summed E-state index contributed by atoms with van der Waals surface area (Å²) in [5, 5.41) is 12.6. The first-order chi connectivity index (χ1) is 14.8. The van der Waals surface area contributed by atoms with E-state index in [0.717, 1.165) is 31.2 Å². The van der Waals surface area contributed by atoms with E-state index in [0.29, 0.717) is 23.6 Å². The first-order valence-electron chi connectivity index (χ1n) is 10.2. The molecule has 1 aliphatic carbocycles. The number of benzene rings is 2. The Balaban J connectivity index is 1.76. The second-order valence-electron chi connectivity index (χ2n) is 7.48. The monoisotopic (exact) mass is 448 g/mol. The average Bonchev–Trinajstić information content (AvgIpc) is 3.26. The number of carbonyl (C=O) groups is 1. The topological polar surface area (TPSA) is 114 Å². The molecule has 3 rings (SSSR count). The fraction of sp³-hybridized carbons (Fsp3) is 0.409. The quantitative estimate of drug-likeness (QED) is 0.511. The molecule has 0 amide bonds. The molecule has 31 heavy (non-hydrogen) atoms. The minimum absolute atomic E-state index is 0.0494. The van der Waals surface area contributed by atoms with Crippen LogP contribution in [0.25, 0.3) is 0 Å². The average molecular weight is 449 g/mol. The lowest BCUT2D eigenvalue weighted by Crippen LogP contribution is -2.28. The Labute approximate surface area is 182 Å². The van der Waals surface area contributed by atoms with Crippen LogP contribution in [-0.2, 0) is 16.4 Å². The Morgan fingerprint density at radius 1 is 1.06 bits per heavy atom. The van der Waals surface area contributed by atoms with Crippen LogP contribution in [0.4, 0.5) is 5.69 Å². The molecule has 1 saturated carbocycles. The normalized spacial score (nSPS) is 14.4. The maximum Gasteiger partial charge on any atom is 0.335 e. The van der Waals surface area contributed by atoms with Gasteiger partial charge in [0.15, 0.2) is 11.5 Å². The van der Waals surface area contributed by atoms with Crippen LogP contribution in [0.3, 0.4) is 0 Å². The zero-order valence-electron chi connectivity index (χ0n) is 17.7. The highest BCUT2D eigenvalue weighted by molar-refractivity contribution is 7.89. The van der Waals surface area contributed by atoms with Crippen LogP contribution in [0.15, 0.2) is 41.3 Å². The number of ether oxygens (including phenoxy) is 2. The van der Waals surface area contributed by atoms with E-state index >= 15 is 0 Å². The predicted octanol–water partition coefficient (Wildman–Crippen LogP) is 3.28. The van der Waals surface area contributed by atoms with Gasteiger partial charge < -0.3 is 19.9 Å². The van der Waals surface area contributed by atoms with Crippen molar-refractivity contribution in [1.29, 1.82) is 0 Å². The maximum atomic E-state index is 13.0. The lowest BCUT2D eigenvalue weighted by molar-refractivity contribution is 0.0696. The molecule has 2 aromatic carbocycles. The number of sulfonamides is 1. The smallest absolute Gasteiger partial charge is 0.335 e. The molecule has 0 bridgehead atoms. The Bertz CT molecular complexity index is 1030. The van der Waals surface area contributed by atoms with E-state index in [1.165, 1.54) is 18.2 Å². The molecule has 2 aromatic rings. The number of hydrogen-bond donors (Lipinski definition) is 3. The molecule has 0 atom stereocenters. The first-order valence-corrected chi connectivity index (χ1v) is 11.7. The summed E-state index contributed by atoms with van der Waals surface area (Å²) >= 11 is 0. The molecule has 168 valence electrons. The summed E-state index contributed by atoms with van der Waals surface area (Å²) in [4.78, 5) is 11.3. The third-order valence-corrected chi connectivity index (χ3v) is 6.89. The Morgan fingerprint density at radius 2 is 1.77 bits per heavy atom. The van der Waals surface area contributed by atoms with Crippen molar-refractivity contribution >= 4 is 21.7 Å². The molecule has 3 N–H and O–H groups in total. The number of carboxylic acid groups (broad SMARTS) is 1. The number of carboxylic acids is 1. The van der Waals surface area contributed by atoms with Crippen molar-refractivity contribution in [3.63, 3.8) is 0 Å². The highest BCUT2D eigenvalue weighted by Gasteiger charge is 2.23. The summed E-state index contributed by atoms with van der Waals surface area (Å²) in [6.45, 7) is 0.151. The second kappa shape index (κ2) is 10.0. The van der Waals surface area contributed by atoms with Crippen molar-refractivity contribution in [1.82, 2.24) is 4.72 Å². The predicted molar refractivity (Wildman–Crippen MR) is 118 cm³/mol. The highest BCUT2D eigenvalue weighted by Crippen LogP contribution is 2.29. The SMILES string of the molecule is COc1ccc(CCNS(=O)(=O)c2cc(C(=O)O)ccc2NC2CCCC2)cc1OC. The van der Waals surface area contributed by atoms with Crippen molar-refractivity contribution < 1.29 is 27.8 Å². The van der Waals surface area contributed by atoms with Gasteiger partial charge in [-0.25, -0.2) is 17.9 Å². The largest absolute Gasteiger partial charge is 0.493 e. The maximum absolute atomic E-state index is 13.0. The Kier molecular flexibility index (Phi) is 7.40. The number of aromatic carboxylic acids is 1. The molecule has 8 nitrogen and oxygen atoms in total. The van der Waals surface area contributed by atoms with Crippen molar-refractivity contribution in [2.75, 3.05) is 26.1 Å². The van der Waals surface area contributed by atoms with Gasteiger partial charge in [0.25, 0.3) is 0 Å². The van der Waals surface area contributed by atoms with E-state index in [-0.39, 0.29) is 23.0 Å². The number of hydrogen-bond acceptors (Lipinski definition) is 6. The first kappa shape index (κ1) is 22.9. The molecule has 0 aliphatic heterocycles. The molecular formula is C22H28N2O6S. The van der Waals surface area contributed by atoms with Crippen molar-refractivity contribution in [2.45, 2.75) is 43.0 Å². The summed E-state index contributed by atoms with van der Waals surface area (Å²) in [6, 6.07) is 9.75. The third kappa shape index (κ3) is 5.68. The van der Waals surface area contributed by atoms with Gasteiger partial charge in [-0.1, -0.05) is 18.9 Å². The molecule has 9 heteroatoms. The highest BCUT2D eigenvalue weighted by atomic mass is 32.2. The standard InChI is InChI=1S/C22H28N2O6S/c1-29-19-10-7-15(13-20(19)30-2)11-12-23-31(27,28)21-14-16(22(25)26)8-9-18(21)24-17-5-3-4-6-17/h7-10,13-14,17,23-24H,3-6,11-12H2,1-2H3,(H,25,26). The van der Waals surface area contributed by atoms with Gasteiger partial charge in [-0.15, -0.1) is 0 Å². The Morgan fingerprint density at radius 3 is 2.42 bits per heavy atom. The van der Waals surface area contributed by atoms with Crippen LogP contribution in [0.1, 0.15) is 41.6 Å². The second-order valence-corrected chi connectivity index (χ2v) is 9.21. The van der Waals surface area contributed by atoms with Gasteiger partial charge >= 0.3 is 5.97 Å². The minimum atomic E-state index is -3.92. The van der Waals surface area contributed by atoms with Crippen molar-refractivity contribution in [2.24, 2.45) is 0 Å². The van der Waals surface area contributed by atoms with Crippen LogP contribution in [0.2, 0.25) is 0 Å². The summed E-state index contributed by atoms with van der Waals surface area (Å²) < 4.78 is 39.1. The number of rotatable bonds is 10. The van der Waals surface area contributed by atoms with Gasteiger partial charge in [-0.2, -0.15) is 0 Å². The summed E-state index contributed by atoms with van der Waals surface area (Å²) in [7, 11) is -0.829. The Hall–Kier alpha value is -2.78. The van der Waals surface area contributed by atoms with Crippen LogP contribution in [0.5, 0.6) is 11.5 Å². The molecule has 0 saturated heterocycles. The number of methoxy groups -OCH3 is 2. The zero-order valence-corrected chi connectivity index (χ0v) is 18.5. The van der Waals surface area contributed by atoms with Crippen LogP contribution in [0, 0.1) is 0 Å². The van der Waals surface area contributed by atoms with Gasteiger partial charge in [-0.05, 0) is 55.2 Å². The molecule has 1 fully saturated rings. The van der Waals surface area contributed by atoms with E-state index in [4.69, 9.17) is 9.47 Å². The van der Waals surface area contributed by atoms with Crippen LogP contribution >= 0.6 is 0 Å². The van der Waals surface area contributed by atoms with Gasteiger partial charge in [0.05, 0.1) is 25.5 Å². The molecule has 0 aromatic heterocycles. The molecule has 0 spiro atoms. The number of nitrogens with one attached hydrogen (secondary N) is 2. The zero-order chi connectivity index (χ0) is 22.4. The molecule has 1 aliphatic rings. The van der Waals surface area contributed by atoms with E-state index in [2.05, 4.69) is 10.0 Å². The molecular weight excluding hydrogens is 420 g/mol. The molecule has 0 heterocycles. The lowest BCUT2D eigenvalue weighted by Gasteiger charge is -2.18. The van der Waals surface area contributed by atoms with E-state index in [9.17, 15) is 18.3 Å². The van der Waals surface area contributed by atoms with Crippen molar-refractivity contribution in [3.05, 3.63) is 47.5 Å². The summed E-state index contributed by atoms with van der Waals surface area (Å²) in [5.41, 5.74) is 1.23.